The molecule has 1 aliphatic heterocycles. The lowest BCUT2D eigenvalue weighted by Gasteiger charge is -2.43. The molecule has 5 nitrogen and oxygen atoms in total. The molecule has 0 aromatic heterocycles. The van der Waals surface area contributed by atoms with Crippen molar-refractivity contribution in [1.82, 2.24) is 4.90 Å². The lowest BCUT2D eigenvalue weighted by molar-refractivity contribution is 0.102. The normalized spacial score (nSPS) is 24.1. The molecule has 0 saturated carbocycles. The van der Waals surface area contributed by atoms with Crippen LogP contribution in [0.3, 0.4) is 0 Å². The number of likely N-dealkylation sites (tertiary alicyclic amines) is 1. The zero-order valence-corrected chi connectivity index (χ0v) is 14.8. The van der Waals surface area contributed by atoms with Gasteiger partial charge >= 0.3 is 6.03 Å². The summed E-state index contributed by atoms with van der Waals surface area (Å²) in [6.07, 6.45) is 11.1. The Labute approximate surface area is 143 Å². The zero-order valence-electron chi connectivity index (χ0n) is 14.0. The van der Waals surface area contributed by atoms with Crippen molar-refractivity contribution >= 4 is 21.6 Å². The number of benzene rings is 1. The van der Waals surface area contributed by atoms with E-state index in [9.17, 15) is 13.2 Å². The Morgan fingerprint density at radius 3 is 2.79 bits per heavy atom. The van der Waals surface area contributed by atoms with Crippen LogP contribution in [0.2, 0.25) is 0 Å². The molecule has 1 aliphatic carbocycles. The number of carbonyl (C=O) groups is 1. The number of nitrogens with zero attached hydrogens (tertiary/aromatic N) is 1. The summed E-state index contributed by atoms with van der Waals surface area (Å²) in [7, 11) is -3.28. The summed E-state index contributed by atoms with van der Waals surface area (Å²) < 4.78 is 23.3. The van der Waals surface area contributed by atoms with Crippen molar-refractivity contribution in [1.29, 1.82) is 0 Å². The van der Waals surface area contributed by atoms with E-state index in [0.29, 0.717) is 5.69 Å². The van der Waals surface area contributed by atoms with Gasteiger partial charge in [0.15, 0.2) is 9.84 Å². The van der Waals surface area contributed by atoms with Crippen molar-refractivity contribution in [3.8, 4) is 0 Å². The Kier molecular flexibility index (Phi) is 4.67. The number of urea groups is 1. The van der Waals surface area contributed by atoms with E-state index in [2.05, 4.69) is 17.5 Å². The second-order valence-corrected chi connectivity index (χ2v) is 8.99. The van der Waals surface area contributed by atoms with E-state index in [1.807, 2.05) is 4.90 Å². The molecule has 1 heterocycles. The van der Waals surface area contributed by atoms with Gasteiger partial charge in [-0.25, -0.2) is 13.2 Å². The zero-order chi connectivity index (χ0) is 17.2. The predicted octanol–water partition coefficient (Wildman–Crippen LogP) is 3.44. The molecule has 1 saturated heterocycles. The van der Waals surface area contributed by atoms with Gasteiger partial charge in [0, 0.05) is 25.0 Å². The van der Waals surface area contributed by atoms with E-state index in [0.717, 1.165) is 38.8 Å². The fraction of sp³-hybridized carbons (Fsp3) is 0.500. The number of sulfone groups is 1. The molecular weight excluding hydrogens is 324 g/mol. The number of allylic oxidation sites excluding steroid dienone is 2. The molecule has 1 aromatic rings. The van der Waals surface area contributed by atoms with E-state index >= 15 is 0 Å². The number of piperidine rings is 1. The summed E-state index contributed by atoms with van der Waals surface area (Å²) in [6.45, 7) is 1.53. The molecule has 6 heteroatoms. The molecule has 3 rings (SSSR count). The van der Waals surface area contributed by atoms with Gasteiger partial charge in [0.05, 0.1) is 4.90 Å². The standard InChI is InChI=1S/C18H24N2O3S/c1-24(22,23)16-8-5-7-15(13-16)19-17(21)20-12-6-11-18(14-20)9-3-2-4-10-18/h2-3,5,7-8,13H,4,6,9-12,14H2,1H3,(H,19,21)/t18-/m0/s1. The first-order chi connectivity index (χ1) is 11.4. The molecule has 1 aromatic carbocycles. The second kappa shape index (κ2) is 6.59. The summed E-state index contributed by atoms with van der Waals surface area (Å²) in [6, 6.07) is 6.27. The molecule has 0 unspecified atom stereocenters. The SMILES string of the molecule is CS(=O)(=O)c1cccc(NC(=O)N2CCC[C@@]3(CC=CCC3)C2)c1. The minimum Gasteiger partial charge on any atom is -0.324 e. The van der Waals surface area contributed by atoms with Crippen molar-refractivity contribution in [3.05, 3.63) is 36.4 Å². The summed E-state index contributed by atoms with van der Waals surface area (Å²) in [5, 5.41) is 2.85. The average molecular weight is 348 g/mol. The minimum atomic E-state index is -3.28. The topological polar surface area (TPSA) is 66.5 Å². The van der Waals surface area contributed by atoms with Crippen LogP contribution >= 0.6 is 0 Å². The van der Waals surface area contributed by atoms with Gasteiger partial charge in [-0.15, -0.1) is 0 Å². The Morgan fingerprint density at radius 2 is 2.08 bits per heavy atom. The molecule has 1 spiro atoms. The molecule has 1 fully saturated rings. The van der Waals surface area contributed by atoms with Gasteiger partial charge in [-0.05, 0) is 55.7 Å². The summed E-state index contributed by atoms with van der Waals surface area (Å²) in [5.74, 6) is 0. The van der Waals surface area contributed by atoms with Crippen LogP contribution in [0.5, 0.6) is 0 Å². The van der Waals surface area contributed by atoms with Crippen molar-refractivity contribution < 1.29 is 13.2 Å². The Bertz CT molecular complexity index is 757. The molecule has 1 atom stereocenters. The van der Waals surface area contributed by atoms with Crippen molar-refractivity contribution in [2.75, 3.05) is 24.7 Å². The van der Waals surface area contributed by atoms with Gasteiger partial charge in [0.25, 0.3) is 0 Å². The molecule has 24 heavy (non-hydrogen) atoms. The highest BCUT2D eigenvalue weighted by Crippen LogP contribution is 2.40. The molecule has 2 aliphatic rings. The largest absolute Gasteiger partial charge is 0.324 e. The number of nitrogens with one attached hydrogen (secondary N) is 1. The summed E-state index contributed by atoms with van der Waals surface area (Å²) >= 11 is 0. The first kappa shape index (κ1) is 17.0. The van der Waals surface area contributed by atoms with Gasteiger partial charge in [0.1, 0.15) is 0 Å². The second-order valence-electron chi connectivity index (χ2n) is 6.97. The number of carbonyl (C=O) groups excluding carboxylic acids is 1. The molecule has 130 valence electrons. The van der Waals surface area contributed by atoms with Crippen LogP contribution in [0, 0.1) is 5.41 Å². The first-order valence-electron chi connectivity index (χ1n) is 8.39. The summed E-state index contributed by atoms with van der Waals surface area (Å²) in [4.78, 5) is 14.7. The first-order valence-corrected chi connectivity index (χ1v) is 10.3. The van der Waals surface area contributed by atoms with Gasteiger partial charge < -0.3 is 10.2 Å². The number of hydrogen-bond donors (Lipinski definition) is 1. The third-order valence-electron chi connectivity index (χ3n) is 5.02. The smallest absolute Gasteiger partial charge is 0.321 e. The number of hydrogen-bond acceptors (Lipinski definition) is 3. The molecule has 2 amide bonds. The van der Waals surface area contributed by atoms with Crippen LogP contribution in [0.15, 0.2) is 41.3 Å². The molecule has 0 bridgehead atoms. The number of rotatable bonds is 2. The highest BCUT2D eigenvalue weighted by molar-refractivity contribution is 7.90. The molecule has 1 N–H and O–H groups in total. The van der Waals surface area contributed by atoms with Crippen LogP contribution in [-0.2, 0) is 9.84 Å². The van der Waals surface area contributed by atoms with Gasteiger partial charge in [-0.2, -0.15) is 0 Å². The maximum atomic E-state index is 12.6. The predicted molar refractivity (Wildman–Crippen MR) is 94.8 cm³/mol. The lowest BCUT2D eigenvalue weighted by Crippen LogP contribution is -2.48. The van der Waals surface area contributed by atoms with Gasteiger partial charge in [-0.1, -0.05) is 18.2 Å². The van der Waals surface area contributed by atoms with Crippen LogP contribution in [0.1, 0.15) is 32.1 Å². The van der Waals surface area contributed by atoms with Crippen LogP contribution < -0.4 is 5.32 Å². The fourth-order valence-electron chi connectivity index (χ4n) is 3.70. The minimum absolute atomic E-state index is 0.144. The van der Waals surface area contributed by atoms with Crippen LogP contribution in [-0.4, -0.2) is 38.7 Å². The van der Waals surface area contributed by atoms with Crippen molar-refractivity contribution in [2.24, 2.45) is 5.41 Å². The fourth-order valence-corrected chi connectivity index (χ4v) is 4.37. The Hall–Kier alpha value is -1.82. The van der Waals surface area contributed by atoms with E-state index in [1.54, 1.807) is 12.1 Å². The van der Waals surface area contributed by atoms with Crippen molar-refractivity contribution in [3.63, 3.8) is 0 Å². The van der Waals surface area contributed by atoms with Gasteiger partial charge in [0.2, 0.25) is 0 Å². The van der Waals surface area contributed by atoms with Crippen molar-refractivity contribution in [2.45, 2.75) is 37.0 Å². The van der Waals surface area contributed by atoms with E-state index in [1.165, 1.54) is 24.8 Å². The number of amides is 2. The highest BCUT2D eigenvalue weighted by Gasteiger charge is 2.36. The monoisotopic (exact) mass is 348 g/mol. The molecular formula is C18H24N2O3S. The highest BCUT2D eigenvalue weighted by atomic mass is 32.2. The average Bonchev–Trinajstić information content (AvgIpc) is 2.55. The Balaban J connectivity index is 1.70. The number of anilines is 1. The van der Waals surface area contributed by atoms with Crippen LogP contribution in [0.4, 0.5) is 10.5 Å². The Morgan fingerprint density at radius 1 is 1.25 bits per heavy atom. The third-order valence-corrected chi connectivity index (χ3v) is 6.13. The van der Waals surface area contributed by atoms with E-state index in [-0.39, 0.29) is 16.3 Å². The van der Waals surface area contributed by atoms with E-state index < -0.39 is 9.84 Å². The maximum Gasteiger partial charge on any atom is 0.321 e. The van der Waals surface area contributed by atoms with Crippen LogP contribution in [0.25, 0.3) is 0 Å². The maximum absolute atomic E-state index is 12.6. The van der Waals surface area contributed by atoms with Gasteiger partial charge in [-0.3, -0.25) is 0 Å². The lowest BCUT2D eigenvalue weighted by atomic mass is 9.71. The summed E-state index contributed by atoms with van der Waals surface area (Å²) in [5.41, 5.74) is 0.741. The molecule has 0 radical (unpaired) electrons. The third kappa shape index (κ3) is 3.80. The quantitative estimate of drug-likeness (QED) is 0.833. The van der Waals surface area contributed by atoms with E-state index in [4.69, 9.17) is 0 Å².